The Morgan fingerprint density at radius 2 is 2.04 bits per heavy atom. The summed E-state index contributed by atoms with van der Waals surface area (Å²) < 4.78 is 6.64. The van der Waals surface area contributed by atoms with Crippen molar-refractivity contribution < 1.29 is 9.53 Å². The Morgan fingerprint density at radius 1 is 1.23 bits per heavy atom. The molecule has 0 aromatic heterocycles. The van der Waals surface area contributed by atoms with Gasteiger partial charge in [0.15, 0.2) is 0 Å². The van der Waals surface area contributed by atoms with Crippen LogP contribution in [0.1, 0.15) is 30.9 Å². The molecule has 0 unspecified atom stereocenters. The number of nitrogens with zero attached hydrogens (tertiary/aromatic N) is 1. The molecule has 0 fully saturated rings. The summed E-state index contributed by atoms with van der Waals surface area (Å²) in [5.41, 5.74) is 4.84. The van der Waals surface area contributed by atoms with Crippen molar-refractivity contribution in [1.29, 1.82) is 0 Å². The highest BCUT2D eigenvalue weighted by Crippen LogP contribution is 2.26. The maximum absolute atomic E-state index is 11.7. The highest BCUT2D eigenvalue weighted by atomic mass is 79.9. The van der Waals surface area contributed by atoms with Crippen LogP contribution in [0, 0.1) is 0 Å². The van der Waals surface area contributed by atoms with Crippen molar-refractivity contribution in [3.05, 3.63) is 70.2 Å². The average molecular weight is 415 g/mol. The Kier molecular flexibility index (Phi) is 8.63. The van der Waals surface area contributed by atoms with Crippen LogP contribution in [0.15, 0.2) is 64.2 Å². The van der Waals surface area contributed by atoms with Gasteiger partial charge in [-0.1, -0.05) is 49.4 Å². The quantitative estimate of drug-likeness (QED) is 0.357. The second-order valence-electron chi connectivity index (χ2n) is 5.65. The summed E-state index contributed by atoms with van der Waals surface area (Å²) in [6.07, 6.45) is 7.25. The Morgan fingerprint density at radius 3 is 2.77 bits per heavy atom. The lowest BCUT2D eigenvalue weighted by atomic mass is 10.2. The van der Waals surface area contributed by atoms with E-state index in [0.717, 1.165) is 22.2 Å². The molecule has 0 heterocycles. The number of carbonyl (C=O) groups excluding carboxylic acids is 1. The molecular weight excluding hydrogens is 392 g/mol. The van der Waals surface area contributed by atoms with Gasteiger partial charge in [-0.15, -0.1) is 0 Å². The van der Waals surface area contributed by atoms with Gasteiger partial charge in [0.2, 0.25) is 5.91 Å². The highest BCUT2D eigenvalue weighted by Gasteiger charge is 2.03. The lowest BCUT2D eigenvalue weighted by molar-refractivity contribution is -0.121. The number of ether oxygens (including phenoxy) is 1. The number of halogens is 1. The fraction of sp³-hybridized carbons (Fsp3) is 0.238. The molecule has 0 radical (unpaired) electrons. The van der Waals surface area contributed by atoms with E-state index in [0.29, 0.717) is 19.4 Å². The molecule has 0 atom stereocenters. The molecule has 4 nitrogen and oxygen atoms in total. The van der Waals surface area contributed by atoms with Gasteiger partial charge < -0.3 is 4.74 Å². The standard InChI is InChI=1S/C21H23BrN2O2/c1-2-17-12-13-20(19(22)16-17)26-15-7-11-21(25)24-23-14-6-10-18-8-4-3-5-9-18/h3-6,8-10,12-14,16H,2,7,11,15H2,1H3,(H,24,25)/b10-6+,23-14+. The smallest absolute Gasteiger partial charge is 0.240 e. The molecule has 0 aliphatic carbocycles. The van der Waals surface area contributed by atoms with Crippen molar-refractivity contribution in [2.24, 2.45) is 5.10 Å². The van der Waals surface area contributed by atoms with E-state index in [2.05, 4.69) is 39.4 Å². The molecule has 0 saturated heterocycles. The predicted octanol–water partition coefficient (Wildman–Crippen LogP) is 4.99. The highest BCUT2D eigenvalue weighted by molar-refractivity contribution is 9.10. The van der Waals surface area contributed by atoms with Crippen molar-refractivity contribution in [1.82, 2.24) is 5.43 Å². The summed E-state index contributed by atoms with van der Waals surface area (Å²) in [6.45, 7) is 2.59. The number of allylic oxidation sites excluding steroid dienone is 1. The zero-order chi connectivity index (χ0) is 18.6. The second-order valence-corrected chi connectivity index (χ2v) is 6.51. The molecule has 0 bridgehead atoms. The minimum absolute atomic E-state index is 0.127. The van der Waals surface area contributed by atoms with Gasteiger partial charge in [0, 0.05) is 12.6 Å². The van der Waals surface area contributed by atoms with Crippen LogP contribution in [-0.4, -0.2) is 18.7 Å². The number of carbonyl (C=O) groups is 1. The van der Waals surface area contributed by atoms with Gasteiger partial charge in [0.05, 0.1) is 11.1 Å². The van der Waals surface area contributed by atoms with E-state index in [1.54, 1.807) is 12.3 Å². The third-order valence-corrected chi connectivity index (χ3v) is 4.27. The molecule has 0 spiro atoms. The second kappa shape index (κ2) is 11.3. The summed E-state index contributed by atoms with van der Waals surface area (Å²) >= 11 is 3.50. The van der Waals surface area contributed by atoms with Crippen molar-refractivity contribution >= 4 is 34.1 Å². The molecule has 2 aromatic carbocycles. The van der Waals surface area contributed by atoms with Gasteiger partial charge >= 0.3 is 0 Å². The maximum atomic E-state index is 11.7. The number of hydrazone groups is 1. The van der Waals surface area contributed by atoms with Crippen molar-refractivity contribution in [3.63, 3.8) is 0 Å². The molecule has 26 heavy (non-hydrogen) atoms. The normalized spacial score (nSPS) is 11.2. The largest absolute Gasteiger partial charge is 0.492 e. The molecule has 2 aromatic rings. The fourth-order valence-electron chi connectivity index (χ4n) is 2.22. The number of hydrogen-bond acceptors (Lipinski definition) is 3. The van der Waals surface area contributed by atoms with Crippen LogP contribution in [0.3, 0.4) is 0 Å². The molecule has 0 aliphatic rings. The Hall–Kier alpha value is -2.40. The number of hydrogen-bond donors (Lipinski definition) is 1. The Balaban J connectivity index is 1.63. The van der Waals surface area contributed by atoms with Crippen LogP contribution >= 0.6 is 15.9 Å². The molecule has 5 heteroatoms. The number of rotatable bonds is 9. The number of aryl methyl sites for hydroxylation is 1. The van der Waals surface area contributed by atoms with E-state index in [9.17, 15) is 4.79 Å². The van der Waals surface area contributed by atoms with E-state index in [1.807, 2.05) is 48.5 Å². The molecule has 0 saturated carbocycles. The number of nitrogens with one attached hydrogen (secondary N) is 1. The maximum Gasteiger partial charge on any atom is 0.240 e. The molecule has 0 aliphatic heterocycles. The van der Waals surface area contributed by atoms with E-state index < -0.39 is 0 Å². The van der Waals surface area contributed by atoms with E-state index in [-0.39, 0.29) is 5.91 Å². The van der Waals surface area contributed by atoms with Gasteiger partial charge in [0.25, 0.3) is 0 Å². The van der Waals surface area contributed by atoms with Crippen molar-refractivity contribution in [2.75, 3.05) is 6.61 Å². The van der Waals surface area contributed by atoms with Crippen LogP contribution in [0.4, 0.5) is 0 Å². The third-order valence-electron chi connectivity index (χ3n) is 3.65. The first-order valence-electron chi connectivity index (χ1n) is 8.64. The van der Waals surface area contributed by atoms with Gasteiger partial charge in [0.1, 0.15) is 5.75 Å². The van der Waals surface area contributed by atoms with Crippen LogP contribution in [0.25, 0.3) is 6.08 Å². The number of amides is 1. The summed E-state index contributed by atoms with van der Waals surface area (Å²) in [7, 11) is 0. The zero-order valence-corrected chi connectivity index (χ0v) is 16.4. The number of benzene rings is 2. The lowest BCUT2D eigenvalue weighted by Gasteiger charge is -2.09. The van der Waals surface area contributed by atoms with E-state index in [1.165, 1.54) is 5.56 Å². The van der Waals surface area contributed by atoms with Gasteiger partial charge in [-0.05, 0) is 58.1 Å². The minimum atomic E-state index is -0.127. The Labute approximate surface area is 163 Å². The molecule has 1 amide bonds. The molecular formula is C21H23BrN2O2. The SMILES string of the molecule is CCc1ccc(OCCCC(=O)N/N=C/C=C/c2ccccc2)c(Br)c1. The van der Waals surface area contributed by atoms with Crippen LogP contribution < -0.4 is 10.2 Å². The third kappa shape index (κ3) is 7.23. The first-order chi connectivity index (χ1) is 12.7. The van der Waals surface area contributed by atoms with Crippen molar-refractivity contribution in [2.45, 2.75) is 26.2 Å². The van der Waals surface area contributed by atoms with Crippen LogP contribution in [-0.2, 0) is 11.2 Å². The minimum Gasteiger partial charge on any atom is -0.492 e. The summed E-state index contributed by atoms with van der Waals surface area (Å²) in [6, 6.07) is 16.0. The van der Waals surface area contributed by atoms with Crippen LogP contribution in [0.2, 0.25) is 0 Å². The zero-order valence-electron chi connectivity index (χ0n) is 14.8. The van der Waals surface area contributed by atoms with Crippen LogP contribution in [0.5, 0.6) is 5.75 Å². The Bertz CT molecular complexity index is 758. The summed E-state index contributed by atoms with van der Waals surface area (Å²) in [5, 5.41) is 3.90. The fourth-order valence-corrected chi connectivity index (χ4v) is 2.76. The molecule has 1 N–H and O–H groups in total. The molecule has 136 valence electrons. The monoisotopic (exact) mass is 414 g/mol. The van der Waals surface area contributed by atoms with E-state index in [4.69, 9.17) is 4.74 Å². The first kappa shape index (κ1) is 19.9. The summed E-state index contributed by atoms with van der Waals surface area (Å²) in [5.74, 6) is 0.671. The van der Waals surface area contributed by atoms with Gasteiger partial charge in [-0.2, -0.15) is 5.10 Å². The van der Waals surface area contributed by atoms with E-state index >= 15 is 0 Å². The van der Waals surface area contributed by atoms with Gasteiger partial charge in [-0.25, -0.2) is 5.43 Å². The predicted molar refractivity (Wildman–Crippen MR) is 110 cm³/mol. The summed E-state index contributed by atoms with van der Waals surface area (Å²) in [4.78, 5) is 11.7. The molecule has 2 rings (SSSR count). The lowest BCUT2D eigenvalue weighted by Crippen LogP contribution is -2.17. The van der Waals surface area contributed by atoms with Gasteiger partial charge in [-0.3, -0.25) is 4.79 Å². The van der Waals surface area contributed by atoms with Crippen molar-refractivity contribution in [3.8, 4) is 5.75 Å². The first-order valence-corrected chi connectivity index (χ1v) is 9.43. The topological polar surface area (TPSA) is 50.7 Å². The average Bonchev–Trinajstić information content (AvgIpc) is 2.66.